The normalized spacial score (nSPS) is 19.2. The van der Waals surface area contributed by atoms with Crippen LogP contribution in [0.5, 0.6) is 0 Å². The van der Waals surface area contributed by atoms with Gasteiger partial charge < -0.3 is 16.0 Å². The number of halogens is 1. The summed E-state index contributed by atoms with van der Waals surface area (Å²) in [6.07, 6.45) is 4.14. The molecular formula is C32H39BrN6O4S. The third-order valence-electron chi connectivity index (χ3n) is 9.13. The second-order valence-corrected chi connectivity index (χ2v) is 15.4. The van der Waals surface area contributed by atoms with E-state index >= 15 is 0 Å². The third-order valence-corrected chi connectivity index (χ3v) is 11.7. The highest BCUT2D eigenvalue weighted by Gasteiger charge is 2.43. The highest BCUT2D eigenvalue weighted by molar-refractivity contribution is 9.08. The second kappa shape index (κ2) is 11.6. The van der Waals surface area contributed by atoms with Crippen LogP contribution in [0.25, 0.3) is 5.69 Å². The number of anilines is 1. The Hall–Kier alpha value is -3.22. The van der Waals surface area contributed by atoms with Gasteiger partial charge in [0.2, 0.25) is 10.0 Å². The number of piperidine rings is 1. The van der Waals surface area contributed by atoms with E-state index in [9.17, 15) is 18.0 Å². The van der Waals surface area contributed by atoms with Crippen LogP contribution in [-0.2, 0) is 21.8 Å². The van der Waals surface area contributed by atoms with Crippen molar-refractivity contribution in [2.24, 2.45) is 11.7 Å². The number of aryl methyl sites for hydroxylation is 1. The summed E-state index contributed by atoms with van der Waals surface area (Å²) < 4.78 is 29.9. The van der Waals surface area contributed by atoms with E-state index in [1.807, 2.05) is 40.8 Å². The summed E-state index contributed by atoms with van der Waals surface area (Å²) in [5, 5.41) is 8.93. The fraction of sp³-hybridized carbons (Fsp3) is 0.469. The Morgan fingerprint density at radius 2 is 1.77 bits per heavy atom. The number of hydrogen-bond acceptors (Lipinski definition) is 6. The number of carbonyl (C=O) groups is 2. The number of alkyl halides is 1. The van der Waals surface area contributed by atoms with Crippen LogP contribution in [0.3, 0.4) is 0 Å². The van der Waals surface area contributed by atoms with Gasteiger partial charge in [-0.3, -0.25) is 9.59 Å². The lowest BCUT2D eigenvalue weighted by Crippen LogP contribution is -2.53. The van der Waals surface area contributed by atoms with Crippen molar-refractivity contribution in [3.63, 3.8) is 0 Å². The van der Waals surface area contributed by atoms with Crippen LogP contribution in [0.4, 0.5) is 5.69 Å². The van der Waals surface area contributed by atoms with Crippen molar-refractivity contribution in [3.8, 4) is 5.69 Å². The van der Waals surface area contributed by atoms with Crippen molar-refractivity contribution in [1.29, 1.82) is 0 Å². The van der Waals surface area contributed by atoms with E-state index in [1.165, 1.54) is 17.1 Å². The first-order valence-electron chi connectivity index (χ1n) is 15.2. The molecule has 1 saturated carbocycles. The summed E-state index contributed by atoms with van der Waals surface area (Å²) in [5.74, 6) is 0.0548. The minimum Gasteiger partial charge on any atom is -0.382 e. The van der Waals surface area contributed by atoms with E-state index in [-0.39, 0.29) is 22.4 Å². The number of primary amides is 1. The molecule has 0 atom stereocenters. The van der Waals surface area contributed by atoms with Crippen LogP contribution in [0.15, 0.2) is 47.4 Å². The van der Waals surface area contributed by atoms with E-state index in [4.69, 9.17) is 10.8 Å². The quantitative estimate of drug-likeness (QED) is 0.317. The third kappa shape index (κ3) is 5.79. The molecule has 2 aliphatic heterocycles. The second-order valence-electron chi connectivity index (χ2n) is 12.9. The van der Waals surface area contributed by atoms with E-state index in [0.29, 0.717) is 66.1 Å². The maximum atomic E-state index is 13.7. The number of fused-ring (bicyclic) bond motifs is 1. The summed E-state index contributed by atoms with van der Waals surface area (Å²) in [5.41, 5.74) is 10.3. The first-order valence-corrected chi connectivity index (χ1v) is 17.7. The Labute approximate surface area is 267 Å². The standard InChI is InChI=1S/C32H39BrN6O4S/c1-20-29-28(17-32(2,3)38(31(29)41)19-22-4-5-22)39(36-20)24-8-11-26(30(34)40)27(16-24)35-23-12-14-37(15-13-23)44(42,43)25-9-6-21(18-33)7-10-25/h6-11,16,22-23,35H,4-5,12-15,17-19H2,1-3H3,(H2,34,40). The molecule has 1 aromatic heterocycles. The number of nitrogens with one attached hydrogen (secondary N) is 1. The molecule has 3 aliphatic rings. The van der Waals surface area contributed by atoms with Gasteiger partial charge in [-0.15, -0.1) is 0 Å². The topological polar surface area (TPSA) is 131 Å². The molecule has 3 aromatic rings. The van der Waals surface area contributed by atoms with Crippen LogP contribution in [-0.4, -0.2) is 70.4 Å². The van der Waals surface area contributed by atoms with Gasteiger partial charge in [0, 0.05) is 48.7 Å². The predicted molar refractivity (Wildman–Crippen MR) is 173 cm³/mol. The number of benzene rings is 2. The van der Waals surface area contributed by atoms with Crippen LogP contribution in [0.1, 0.15) is 77.2 Å². The first-order chi connectivity index (χ1) is 20.9. The number of hydrogen-bond donors (Lipinski definition) is 2. The lowest BCUT2D eigenvalue weighted by molar-refractivity contribution is 0.0487. The lowest BCUT2D eigenvalue weighted by Gasteiger charge is -2.42. The molecule has 3 heterocycles. The SMILES string of the molecule is Cc1nn(-c2ccc(C(N)=O)c(NC3CCN(S(=O)(=O)c4ccc(CBr)cc4)CC3)c2)c2c1C(=O)N(CC1CC1)C(C)(C)C2. The molecule has 2 fully saturated rings. The smallest absolute Gasteiger partial charge is 0.258 e. The summed E-state index contributed by atoms with van der Waals surface area (Å²) >= 11 is 3.39. The molecule has 1 saturated heterocycles. The molecule has 44 heavy (non-hydrogen) atoms. The molecule has 0 spiro atoms. The van der Waals surface area contributed by atoms with E-state index in [1.54, 1.807) is 18.2 Å². The molecule has 10 nitrogen and oxygen atoms in total. The van der Waals surface area contributed by atoms with Gasteiger partial charge in [0.25, 0.3) is 11.8 Å². The Balaban J connectivity index is 1.23. The van der Waals surface area contributed by atoms with Crippen LogP contribution in [0.2, 0.25) is 0 Å². The largest absolute Gasteiger partial charge is 0.382 e. The van der Waals surface area contributed by atoms with Crippen LogP contribution < -0.4 is 11.1 Å². The predicted octanol–water partition coefficient (Wildman–Crippen LogP) is 4.63. The Morgan fingerprint density at radius 1 is 1.09 bits per heavy atom. The zero-order valence-electron chi connectivity index (χ0n) is 25.3. The summed E-state index contributed by atoms with van der Waals surface area (Å²) in [6, 6.07) is 12.2. The molecule has 0 radical (unpaired) electrons. The van der Waals surface area contributed by atoms with Crippen LogP contribution >= 0.6 is 15.9 Å². The van der Waals surface area contributed by atoms with E-state index in [2.05, 4.69) is 35.1 Å². The molecule has 0 bridgehead atoms. The van der Waals surface area contributed by atoms with Crippen molar-refractivity contribution in [3.05, 3.63) is 70.5 Å². The first kappa shape index (κ1) is 30.8. The van der Waals surface area contributed by atoms with Gasteiger partial charge in [0.1, 0.15) is 0 Å². The number of amides is 2. The maximum Gasteiger partial charge on any atom is 0.258 e. The molecule has 6 rings (SSSR count). The van der Waals surface area contributed by atoms with Crippen molar-refractivity contribution >= 4 is 43.5 Å². The fourth-order valence-electron chi connectivity index (χ4n) is 6.39. The fourth-order valence-corrected chi connectivity index (χ4v) is 8.24. The molecule has 2 amide bonds. The Morgan fingerprint density at radius 3 is 2.39 bits per heavy atom. The monoisotopic (exact) mass is 682 g/mol. The van der Waals surface area contributed by atoms with Crippen molar-refractivity contribution in [2.45, 2.75) is 74.7 Å². The maximum absolute atomic E-state index is 13.7. The molecule has 234 valence electrons. The highest BCUT2D eigenvalue weighted by atomic mass is 79.9. The summed E-state index contributed by atoms with van der Waals surface area (Å²) in [7, 11) is -3.60. The van der Waals surface area contributed by atoms with Gasteiger partial charge in [0.05, 0.1) is 33.1 Å². The summed E-state index contributed by atoms with van der Waals surface area (Å²) in [6.45, 7) is 7.57. The van der Waals surface area contributed by atoms with Gasteiger partial charge in [-0.2, -0.15) is 9.40 Å². The molecule has 1 aliphatic carbocycles. The Bertz CT molecular complexity index is 1710. The molecule has 3 N–H and O–H groups in total. The summed E-state index contributed by atoms with van der Waals surface area (Å²) in [4.78, 5) is 28.4. The number of carbonyl (C=O) groups excluding carboxylic acids is 2. The molecule has 12 heteroatoms. The number of nitrogens with two attached hydrogens (primary N) is 1. The number of rotatable bonds is 9. The van der Waals surface area contributed by atoms with Crippen LogP contribution in [0, 0.1) is 12.8 Å². The molecule has 0 unspecified atom stereocenters. The van der Waals surface area contributed by atoms with Gasteiger partial charge in [0.15, 0.2) is 0 Å². The number of nitrogens with zero attached hydrogens (tertiary/aromatic N) is 4. The van der Waals surface area contributed by atoms with Crippen molar-refractivity contribution < 1.29 is 18.0 Å². The van der Waals surface area contributed by atoms with Crippen molar-refractivity contribution in [2.75, 3.05) is 25.0 Å². The highest BCUT2D eigenvalue weighted by Crippen LogP contribution is 2.38. The van der Waals surface area contributed by atoms with Crippen molar-refractivity contribution in [1.82, 2.24) is 19.0 Å². The minimum atomic E-state index is -3.60. The van der Waals surface area contributed by atoms with Gasteiger partial charge in [-0.1, -0.05) is 28.1 Å². The molecule has 2 aromatic carbocycles. The number of sulfonamides is 1. The molecular weight excluding hydrogens is 644 g/mol. The van der Waals surface area contributed by atoms with E-state index < -0.39 is 15.9 Å². The average Bonchev–Trinajstić information content (AvgIpc) is 3.76. The Kier molecular flexibility index (Phi) is 8.13. The average molecular weight is 684 g/mol. The number of aromatic nitrogens is 2. The minimum absolute atomic E-state index is 0.0276. The van der Waals surface area contributed by atoms with Gasteiger partial charge >= 0.3 is 0 Å². The van der Waals surface area contributed by atoms with E-state index in [0.717, 1.165) is 23.5 Å². The lowest BCUT2D eigenvalue weighted by atomic mass is 9.87. The zero-order valence-corrected chi connectivity index (χ0v) is 27.7. The zero-order chi connectivity index (χ0) is 31.4. The van der Waals surface area contributed by atoms with Gasteiger partial charge in [-0.25, -0.2) is 13.1 Å². The van der Waals surface area contributed by atoms with Gasteiger partial charge in [-0.05, 0) is 88.3 Å².